The first-order valence-corrected chi connectivity index (χ1v) is 13.6. The molecule has 0 bridgehead atoms. The number of fused-ring (bicyclic) bond motifs is 5. The Morgan fingerprint density at radius 2 is 1.92 bits per heavy atom. The van der Waals surface area contributed by atoms with Gasteiger partial charge >= 0.3 is 0 Å². The minimum absolute atomic E-state index is 0.0807. The van der Waals surface area contributed by atoms with Crippen LogP contribution in [0.3, 0.4) is 0 Å². The zero-order valence-electron chi connectivity index (χ0n) is 20.9. The molecule has 2 aliphatic carbocycles. The van der Waals surface area contributed by atoms with Crippen LogP contribution in [-0.2, 0) is 9.53 Å². The quantitative estimate of drug-likeness (QED) is 0.510. The number of aromatic nitrogens is 1. The largest absolute Gasteiger partial charge is 0.489 e. The lowest BCUT2D eigenvalue weighted by Gasteiger charge is -2.41. The third kappa shape index (κ3) is 4.33. The Kier molecular flexibility index (Phi) is 5.76. The van der Waals surface area contributed by atoms with Crippen molar-refractivity contribution in [1.82, 2.24) is 4.98 Å². The van der Waals surface area contributed by atoms with Crippen molar-refractivity contribution in [2.24, 2.45) is 17.8 Å². The van der Waals surface area contributed by atoms with Crippen LogP contribution in [0.25, 0.3) is 10.9 Å². The highest BCUT2D eigenvalue weighted by molar-refractivity contribution is 5.91. The molecule has 4 aliphatic rings. The number of halogens is 1. The smallest absolute Gasteiger partial charge is 0.224 e. The van der Waals surface area contributed by atoms with E-state index < -0.39 is 0 Å². The molecule has 1 amide bonds. The summed E-state index contributed by atoms with van der Waals surface area (Å²) in [7, 11) is 0. The molecule has 0 spiro atoms. The molecule has 7 heteroatoms. The lowest BCUT2D eigenvalue weighted by molar-refractivity contribution is -0.117. The third-order valence-electron chi connectivity index (χ3n) is 8.98. The number of morpholine rings is 1. The van der Waals surface area contributed by atoms with E-state index in [-0.39, 0.29) is 17.8 Å². The van der Waals surface area contributed by atoms with Crippen molar-refractivity contribution in [1.29, 1.82) is 0 Å². The molecular weight excluding hydrogens is 469 g/mol. The molecule has 3 fully saturated rings. The van der Waals surface area contributed by atoms with Crippen molar-refractivity contribution in [3.05, 3.63) is 60.0 Å². The molecule has 2 saturated carbocycles. The summed E-state index contributed by atoms with van der Waals surface area (Å²) >= 11 is 0. The predicted molar refractivity (Wildman–Crippen MR) is 141 cm³/mol. The average molecular weight is 502 g/mol. The maximum absolute atomic E-state index is 13.9. The number of carbonyl (C=O) groups excluding carboxylic acids is 1. The van der Waals surface area contributed by atoms with Gasteiger partial charge in [-0.1, -0.05) is 0 Å². The second kappa shape index (κ2) is 9.28. The molecule has 5 atom stereocenters. The molecule has 1 aromatic heterocycles. The number of benzene rings is 2. The van der Waals surface area contributed by atoms with Crippen LogP contribution < -0.4 is 15.0 Å². The number of amides is 1. The molecule has 1 saturated heterocycles. The van der Waals surface area contributed by atoms with E-state index in [0.29, 0.717) is 43.3 Å². The lowest BCUT2D eigenvalue weighted by atomic mass is 9.89. The summed E-state index contributed by atoms with van der Waals surface area (Å²) in [6.45, 7) is 2.91. The molecule has 2 aliphatic heterocycles. The van der Waals surface area contributed by atoms with Crippen molar-refractivity contribution >= 4 is 28.2 Å². The monoisotopic (exact) mass is 501 g/mol. The maximum Gasteiger partial charge on any atom is 0.224 e. The van der Waals surface area contributed by atoms with E-state index in [0.717, 1.165) is 66.9 Å². The van der Waals surface area contributed by atoms with E-state index in [1.54, 1.807) is 12.1 Å². The van der Waals surface area contributed by atoms with Gasteiger partial charge in [0.25, 0.3) is 0 Å². The summed E-state index contributed by atoms with van der Waals surface area (Å²) in [5.74, 6) is 2.85. The van der Waals surface area contributed by atoms with Crippen LogP contribution in [0.15, 0.2) is 48.7 Å². The lowest BCUT2D eigenvalue weighted by Crippen LogP contribution is -2.51. The molecule has 4 unspecified atom stereocenters. The number of hydrogen-bond acceptors (Lipinski definition) is 5. The molecule has 3 heterocycles. The summed E-state index contributed by atoms with van der Waals surface area (Å²) in [5.41, 5.74) is 3.97. The van der Waals surface area contributed by atoms with E-state index in [1.807, 2.05) is 18.3 Å². The van der Waals surface area contributed by atoms with Gasteiger partial charge in [-0.25, -0.2) is 4.39 Å². The van der Waals surface area contributed by atoms with Gasteiger partial charge in [0.2, 0.25) is 5.91 Å². The summed E-state index contributed by atoms with van der Waals surface area (Å²) in [4.78, 5) is 19.7. The number of anilines is 2. The van der Waals surface area contributed by atoms with Gasteiger partial charge < -0.3 is 19.7 Å². The highest BCUT2D eigenvalue weighted by Gasteiger charge is 2.42. The average Bonchev–Trinajstić information content (AvgIpc) is 3.46. The van der Waals surface area contributed by atoms with Crippen molar-refractivity contribution in [3.63, 3.8) is 0 Å². The number of pyridine rings is 1. The Morgan fingerprint density at radius 1 is 1.05 bits per heavy atom. The number of nitrogens with one attached hydrogen (secondary N) is 1. The highest BCUT2D eigenvalue weighted by atomic mass is 19.1. The Labute approximate surface area is 216 Å². The molecular formula is C30H32FN3O3. The van der Waals surface area contributed by atoms with E-state index in [4.69, 9.17) is 9.47 Å². The highest BCUT2D eigenvalue weighted by Crippen LogP contribution is 2.54. The molecule has 6 nitrogen and oxygen atoms in total. The normalized spacial score (nSPS) is 28.4. The standard InChI is InChI=1S/C30H32FN3O3/c31-22-1-3-27-26(14-22)25(5-6-32-27)21-12-19-9-18(10-20(19)13-21)11-30(35)33-23-2-4-28-29(15-23)37-17-24-16-36-8-7-34(24)28/h1-6,14-15,18-21,24H,7-13,16-17H2,(H,33,35)/t18?,19-,20?,21?,24?/m1/s1. The number of ether oxygens (including phenoxy) is 2. The summed E-state index contributed by atoms with van der Waals surface area (Å²) in [5, 5.41) is 4.06. The third-order valence-corrected chi connectivity index (χ3v) is 8.98. The Balaban J connectivity index is 0.964. The van der Waals surface area contributed by atoms with Gasteiger partial charge in [0, 0.05) is 36.3 Å². The molecule has 1 N–H and O–H groups in total. The zero-order chi connectivity index (χ0) is 24.9. The summed E-state index contributed by atoms with van der Waals surface area (Å²) < 4.78 is 25.5. The number of carbonyl (C=O) groups is 1. The first kappa shape index (κ1) is 23.0. The minimum atomic E-state index is -0.207. The topological polar surface area (TPSA) is 63.7 Å². The predicted octanol–water partition coefficient (Wildman–Crippen LogP) is 5.52. The molecule has 3 aromatic rings. The fourth-order valence-corrected chi connectivity index (χ4v) is 7.37. The van der Waals surface area contributed by atoms with Crippen molar-refractivity contribution in [2.45, 2.75) is 44.1 Å². The van der Waals surface area contributed by atoms with E-state index in [9.17, 15) is 9.18 Å². The van der Waals surface area contributed by atoms with Gasteiger partial charge in [-0.05, 0) is 91.3 Å². The van der Waals surface area contributed by atoms with Crippen molar-refractivity contribution in [2.75, 3.05) is 36.6 Å². The number of hydrogen-bond donors (Lipinski definition) is 1. The first-order valence-electron chi connectivity index (χ1n) is 13.6. The van der Waals surface area contributed by atoms with Crippen LogP contribution >= 0.6 is 0 Å². The van der Waals surface area contributed by atoms with Crippen LogP contribution in [0.2, 0.25) is 0 Å². The summed E-state index contributed by atoms with van der Waals surface area (Å²) in [6, 6.07) is 13.2. The van der Waals surface area contributed by atoms with Crippen LogP contribution in [0.5, 0.6) is 5.75 Å². The Bertz CT molecular complexity index is 1330. The van der Waals surface area contributed by atoms with Gasteiger partial charge in [-0.15, -0.1) is 0 Å². The Morgan fingerprint density at radius 3 is 2.78 bits per heavy atom. The van der Waals surface area contributed by atoms with Crippen molar-refractivity contribution in [3.8, 4) is 5.75 Å². The van der Waals surface area contributed by atoms with E-state index >= 15 is 0 Å². The van der Waals surface area contributed by atoms with Crippen LogP contribution in [-0.4, -0.2) is 43.3 Å². The summed E-state index contributed by atoms with van der Waals surface area (Å²) in [6.07, 6.45) is 6.83. The minimum Gasteiger partial charge on any atom is -0.489 e. The second-order valence-electron chi connectivity index (χ2n) is 11.3. The fourth-order valence-electron chi connectivity index (χ4n) is 7.37. The van der Waals surface area contributed by atoms with E-state index in [2.05, 4.69) is 27.3 Å². The fraction of sp³-hybridized carbons (Fsp3) is 0.467. The number of rotatable bonds is 4. The van der Waals surface area contributed by atoms with Gasteiger partial charge in [-0.2, -0.15) is 0 Å². The first-order chi connectivity index (χ1) is 18.1. The Hall–Kier alpha value is -3.19. The van der Waals surface area contributed by atoms with E-state index in [1.165, 1.54) is 11.6 Å². The number of nitrogens with zero attached hydrogens (tertiary/aromatic N) is 2. The maximum atomic E-state index is 13.9. The van der Waals surface area contributed by atoms with Crippen LogP contribution in [0.1, 0.15) is 43.6 Å². The molecule has 37 heavy (non-hydrogen) atoms. The zero-order valence-corrected chi connectivity index (χ0v) is 20.9. The molecule has 2 aromatic carbocycles. The molecule has 0 radical (unpaired) electrons. The van der Waals surface area contributed by atoms with Crippen LogP contribution in [0, 0.1) is 23.6 Å². The van der Waals surface area contributed by atoms with Gasteiger partial charge in [-0.3, -0.25) is 9.78 Å². The van der Waals surface area contributed by atoms with Gasteiger partial charge in [0.15, 0.2) is 0 Å². The molecule has 192 valence electrons. The SMILES string of the molecule is O=C(CC1CC2CC(c3ccnc4ccc(F)cc34)C[C@H]2C1)Nc1ccc2c(c1)OCC1COCCN21. The van der Waals surface area contributed by atoms with Crippen molar-refractivity contribution < 1.29 is 18.7 Å². The van der Waals surface area contributed by atoms with Gasteiger partial charge in [0.1, 0.15) is 18.2 Å². The molecule has 7 rings (SSSR count). The second-order valence-corrected chi connectivity index (χ2v) is 11.3. The van der Waals surface area contributed by atoms with Crippen LogP contribution in [0.4, 0.5) is 15.8 Å². The van der Waals surface area contributed by atoms with Gasteiger partial charge in [0.05, 0.1) is 30.5 Å².